The second-order valence-electron chi connectivity index (χ2n) is 7.65. The molecule has 2 atom stereocenters. The molecule has 0 bridgehead atoms. The number of hydrogen-bond donors (Lipinski definition) is 1. The van der Waals surface area contributed by atoms with Gasteiger partial charge in [-0.15, -0.1) is 0 Å². The zero-order valence-corrected chi connectivity index (χ0v) is 17.1. The standard InChI is InChI=1S/C22H23N5OS/c1-15(17-3-2-8-23-12-17)26-9-6-19(25-22(26)28)16-4-5-21-20(11-16)24-14-27(21)18-7-10-29-13-18/h4-7,9-11,13-15,17,23H,2-3,8,12H2,1H3. The number of benzene rings is 1. The van der Waals surface area contributed by atoms with E-state index in [2.05, 4.69) is 43.6 Å². The van der Waals surface area contributed by atoms with Gasteiger partial charge >= 0.3 is 5.69 Å². The van der Waals surface area contributed by atoms with Gasteiger partial charge in [0, 0.05) is 23.2 Å². The van der Waals surface area contributed by atoms with Gasteiger partial charge in [0.15, 0.2) is 0 Å². The number of nitrogens with one attached hydrogen (secondary N) is 1. The maximum Gasteiger partial charge on any atom is 0.348 e. The number of hydrogen-bond acceptors (Lipinski definition) is 5. The van der Waals surface area contributed by atoms with Crippen LogP contribution in [0.1, 0.15) is 25.8 Å². The van der Waals surface area contributed by atoms with E-state index < -0.39 is 0 Å². The molecular formula is C22H23N5OS. The number of imidazole rings is 1. The van der Waals surface area contributed by atoms with Crippen LogP contribution in [-0.4, -0.2) is 32.2 Å². The molecule has 2 unspecified atom stereocenters. The third-order valence-corrected chi connectivity index (χ3v) is 6.58. The molecule has 5 rings (SSSR count). The largest absolute Gasteiger partial charge is 0.348 e. The highest BCUT2D eigenvalue weighted by molar-refractivity contribution is 7.08. The van der Waals surface area contributed by atoms with Gasteiger partial charge in [-0.3, -0.25) is 9.13 Å². The molecule has 1 aromatic carbocycles. The molecule has 7 heteroatoms. The summed E-state index contributed by atoms with van der Waals surface area (Å²) >= 11 is 1.66. The molecule has 1 fully saturated rings. The van der Waals surface area contributed by atoms with Crippen LogP contribution >= 0.6 is 11.3 Å². The molecule has 1 saturated heterocycles. The molecule has 148 valence electrons. The van der Waals surface area contributed by atoms with Crippen molar-refractivity contribution in [1.29, 1.82) is 0 Å². The van der Waals surface area contributed by atoms with E-state index in [1.165, 1.54) is 0 Å². The fraction of sp³-hybridized carbons (Fsp3) is 0.318. The van der Waals surface area contributed by atoms with E-state index in [1.807, 2.05) is 36.8 Å². The summed E-state index contributed by atoms with van der Waals surface area (Å²) in [6, 6.07) is 10.2. The second kappa shape index (κ2) is 7.57. The summed E-state index contributed by atoms with van der Waals surface area (Å²) < 4.78 is 3.84. The Kier molecular flexibility index (Phi) is 4.77. The van der Waals surface area contributed by atoms with Gasteiger partial charge in [-0.1, -0.05) is 6.07 Å². The van der Waals surface area contributed by atoms with Gasteiger partial charge in [0.1, 0.15) is 6.33 Å². The van der Waals surface area contributed by atoms with Crippen LogP contribution in [-0.2, 0) is 0 Å². The van der Waals surface area contributed by atoms with Crippen LogP contribution in [0.25, 0.3) is 28.0 Å². The lowest BCUT2D eigenvalue weighted by Crippen LogP contribution is -2.37. The molecule has 1 aliphatic heterocycles. The first-order valence-electron chi connectivity index (χ1n) is 10.0. The molecule has 1 aliphatic rings. The smallest absolute Gasteiger partial charge is 0.316 e. The predicted octanol–water partition coefficient (Wildman–Crippen LogP) is 3.87. The third-order valence-electron chi connectivity index (χ3n) is 5.91. The zero-order valence-electron chi connectivity index (χ0n) is 16.3. The van der Waals surface area contributed by atoms with Gasteiger partial charge in [-0.25, -0.2) is 9.78 Å². The van der Waals surface area contributed by atoms with Crippen LogP contribution in [0.2, 0.25) is 0 Å². The van der Waals surface area contributed by atoms with Crippen molar-refractivity contribution in [2.24, 2.45) is 5.92 Å². The zero-order chi connectivity index (χ0) is 19.8. The fourth-order valence-electron chi connectivity index (χ4n) is 4.17. The number of thiophene rings is 1. The van der Waals surface area contributed by atoms with Gasteiger partial charge in [0.25, 0.3) is 0 Å². The molecule has 0 aliphatic carbocycles. The molecule has 6 nitrogen and oxygen atoms in total. The Hall–Kier alpha value is -2.77. The van der Waals surface area contributed by atoms with Crippen LogP contribution in [0.5, 0.6) is 0 Å². The van der Waals surface area contributed by atoms with Crippen molar-refractivity contribution in [2.75, 3.05) is 13.1 Å². The number of rotatable bonds is 4. The quantitative estimate of drug-likeness (QED) is 0.560. The molecule has 4 heterocycles. The van der Waals surface area contributed by atoms with Crippen molar-refractivity contribution < 1.29 is 0 Å². The minimum absolute atomic E-state index is 0.139. The van der Waals surface area contributed by atoms with E-state index in [1.54, 1.807) is 15.9 Å². The maximum atomic E-state index is 12.7. The minimum Gasteiger partial charge on any atom is -0.316 e. The summed E-state index contributed by atoms with van der Waals surface area (Å²) in [7, 11) is 0. The first kappa shape index (κ1) is 18.3. The lowest BCUT2D eigenvalue weighted by Gasteiger charge is -2.29. The van der Waals surface area contributed by atoms with E-state index in [0.717, 1.165) is 48.2 Å². The predicted molar refractivity (Wildman–Crippen MR) is 117 cm³/mol. The van der Waals surface area contributed by atoms with Gasteiger partial charge in [-0.05, 0) is 68.4 Å². The van der Waals surface area contributed by atoms with E-state index in [4.69, 9.17) is 0 Å². The van der Waals surface area contributed by atoms with Crippen molar-refractivity contribution >= 4 is 22.4 Å². The Labute approximate surface area is 172 Å². The van der Waals surface area contributed by atoms with Gasteiger partial charge in [0.05, 0.1) is 22.4 Å². The van der Waals surface area contributed by atoms with Crippen LogP contribution in [0.15, 0.2) is 58.4 Å². The van der Waals surface area contributed by atoms with Crippen molar-refractivity contribution in [2.45, 2.75) is 25.8 Å². The first-order chi connectivity index (χ1) is 14.2. The Bertz CT molecular complexity index is 1190. The average molecular weight is 406 g/mol. The van der Waals surface area contributed by atoms with Crippen molar-refractivity contribution in [3.8, 4) is 16.9 Å². The van der Waals surface area contributed by atoms with Crippen molar-refractivity contribution in [3.63, 3.8) is 0 Å². The molecular weight excluding hydrogens is 382 g/mol. The van der Waals surface area contributed by atoms with E-state index in [0.29, 0.717) is 11.6 Å². The number of aromatic nitrogens is 4. The summed E-state index contributed by atoms with van der Waals surface area (Å²) in [5.41, 5.74) is 4.44. The van der Waals surface area contributed by atoms with Gasteiger partial charge in [-0.2, -0.15) is 16.3 Å². The van der Waals surface area contributed by atoms with Crippen LogP contribution in [0, 0.1) is 5.92 Å². The van der Waals surface area contributed by atoms with Crippen LogP contribution in [0.3, 0.4) is 0 Å². The topological polar surface area (TPSA) is 64.7 Å². The lowest BCUT2D eigenvalue weighted by molar-refractivity contribution is 0.273. The molecule has 29 heavy (non-hydrogen) atoms. The fourth-order valence-corrected chi connectivity index (χ4v) is 4.80. The molecule has 0 saturated carbocycles. The number of fused-ring (bicyclic) bond motifs is 1. The Morgan fingerprint density at radius 2 is 2.21 bits per heavy atom. The Balaban J connectivity index is 1.45. The van der Waals surface area contributed by atoms with Gasteiger partial charge < -0.3 is 5.32 Å². The second-order valence-corrected chi connectivity index (χ2v) is 8.43. The highest BCUT2D eigenvalue weighted by atomic mass is 32.1. The highest BCUT2D eigenvalue weighted by Gasteiger charge is 2.22. The summed E-state index contributed by atoms with van der Waals surface area (Å²) in [6.45, 7) is 4.14. The minimum atomic E-state index is -0.190. The molecule has 0 spiro atoms. The summed E-state index contributed by atoms with van der Waals surface area (Å²) in [5, 5.41) is 7.58. The average Bonchev–Trinajstić information content (AvgIpc) is 3.43. The SMILES string of the molecule is CC(C1CCCNC1)n1ccc(-c2ccc3c(c2)ncn3-c2ccsc2)nc1=O. The number of piperidine rings is 1. The van der Waals surface area contributed by atoms with E-state index in [-0.39, 0.29) is 11.7 Å². The van der Waals surface area contributed by atoms with E-state index in [9.17, 15) is 4.79 Å². The Morgan fingerprint density at radius 3 is 2.97 bits per heavy atom. The maximum absolute atomic E-state index is 12.7. The van der Waals surface area contributed by atoms with Crippen LogP contribution < -0.4 is 11.0 Å². The van der Waals surface area contributed by atoms with Crippen LogP contribution in [0.4, 0.5) is 0 Å². The lowest BCUT2D eigenvalue weighted by atomic mass is 9.92. The highest BCUT2D eigenvalue weighted by Crippen LogP contribution is 2.26. The summed E-state index contributed by atoms with van der Waals surface area (Å²) in [4.78, 5) is 21.7. The normalized spacial score (nSPS) is 18.2. The molecule has 0 amide bonds. The third kappa shape index (κ3) is 3.41. The Morgan fingerprint density at radius 1 is 1.28 bits per heavy atom. The monoisotopic (exact) mass is 405 g/mol. The van der Waals surface area contributed by atoms with E-state index >= 15 is 0 Å². The molecule has 1 N–H and O–H groups in total. The first-order valence-corrected chi connectivity index (χ1v) is 10.9. The molecule has 0 radical (unpaired) electrons. The number of nitrogens with zero attached hydrogens (tertiary/aromatic N) is 4. The summed E-state index contributed by atoms with van der Waals surface area (Å²) in [5.74, 6) is 0.464. The van der Waals surface area contributed by atoms with Gasteiger partial charge in [0.2, 0.25) is 0 Å². The molecule has 4 aromatic rings. The van der Waals surface area contributed by atoms with Crippen molar-refractivity contribution in [1.82, 2.24) is 24.4 Å². The van der Waals surface area contributed by atoms with Crippen molar-refractivity contribution in [3.05, 3.63) is 64.1 Å². The summed E-state index contributed by atoms with van der Waals surface area (Å²) in [6.07, 6.45) is 6.03. The molecule has 3 aromatic heterocycles.